The fourth-order valence-corrected chi connectivity index (χ4v) is 4.88. The van der Waals surface area contributed by atoms with Crippen molar-refractivity contribution >= 4 is 39.2 Å². The lowest BCUT2D eigenvalue weighted by Gasteiger charge is -2.32. The van der Waals surface area contributed by atoms with Gasteiger partial charge in [0.1, 0.15) is 5.82 Å². The molecule has 29 heavy (non-hydrogen) atoms. The third kappa shape index (κ3) is 4.42. The first kappa shape index (κ1) is 21.2. The number of piperidine rings is 1. The summed E-state index contributed by atoms with van der Waals surface area (Å²) in [5, 5.41) is 0.453. The maximum Gasteiger partial charge on any atom is 0.310 e. The van der Waals surface area contributed by atoms with Crippen molar-refractivity contribution in [3.8, 4) is 0 Å². The van der Waals surface area contributed by atoms with Gasteiger partial charge in [-0.2, -0.15) is 0 Å². The second-order valence-electron chi connectivity index (χ2n) is 7.26. The number of hydrogen-bond donors (Lipinski definition) is 0. The molecule has 0 spiro atoms. The number of carbonyl (C=O) groups excluding carboxylic acids is 3. The highest BCUT2D eigenvalue weighted by Crippen LogP contribution is 2.33. The smallest absolute Gasteiger partial charge is 0.310 e. The van der Waals surface area contributed by atoms with Crippen LogP contribution in [-0.4, -0.2) is 60.9 Å². The minimum atomic E-state index is -0.354. The summed E-state index contributed by atoms with van der Waals surface area (Å²) >= 11 is 1.23. The first-order valence-corrected chi connectivity index (χ1v) is 10.5. The fraction of sp³-hybridized carbons (Fsp3) is 0.476. The molecule has 156 valence electrons. The number of likely N-dealkylation sites (tertiary alicyclic amines) is 1. The van der Waals surface area contributed by atoms with Gasteiger partial charge in [0, 0.05) is 30.2 Å². The van der Waals surface area contributed by atoms with E-state index in [4.69, 9.17) is 4.74 Å². The summed E-state index contributed by atoms with van der Waals surface area (Å²) in [4.78, 5) is 41.0. The number of likely N-dealkylation sites (N-methyl/N-ethyl adjacent to an activating group) is 1. The molecule has 0 saturated carbocycles. The zero-order chi connectivity index (χ0) is 21.1. The highest BCUT2D eigenvalue weighted by atomic mass is 32.1. The van der Waals surface area contributed by atoms with Crippen molar-refractivity contribution in [3.63, 3.8) is 0 Å². The van der Waals surface area contributed by atoms with Crippen molar-refractivity contribution in [2.24, 2.45) is 5.92 Å². The van der Waals surface area contributed by atoms with Crippen LogP contribution >= 0.6 is 11.3 Å². The summed E-state index contributed by atoms with van der Waals surface area (Å²) in [6.07, 6.45) is 1.42. The molecule has 1 aromatic heterocycles. The molecule has 0 aliphatic carbocycles. The molecule has 0 radical (unpaired) electrons. The third-order valence-corrected chi connectivity index (χ3v) is 6.46. The Bertz CT molecular complexity index is 942. The number of esters is 1. The van der Waals surface area contributed by atoms with E-state index in [2.05, 4.69) is 0 Å². The van der Waals surface area contributed by atoms with Gasteiger partial charge in [0.25, 0.3) is 5.91 Å². The molecule has 0 bridgehead atoms. The summed E-state index contributed by atoms with van der Waals surface area (Å²) in [6.45, 7) is 4.57. The number of nitrogens with zero attached hydrogens (tertiary/aromatic N) is 2. The van der Waals surface area contributed by atoms with Crippen LogP contribution in [0.1, 0.15) is 35.0 Å². The SMILES string of the molecule is CCOC(=O)C1CCCN(C(=O)CN(C)C(=O)c2sc3cccc(F)c3c2C)C1. The number of aryl methyl sites for hydroxylation is 1. The van der Waals surface area contributed by atoms with Gasteiger partial charge >= 0.3 is 5.97 Å². The lowest BCUT2D eigenvalue weighted by atomic mass is 9.98. The van der Waals surface area contributed by atoms with Crippen LogP contribution in [0.3, 0.4) is 0 Å². The standard InChI is InChI=1S/C21H25FN2O4S/c1-4-28-21(27)14-7-6-10-24(11-14)17(25)12-23(3)20(26)19-13(2)18-15(22)8-5-9-16(18)29-19/h5,8-9,14H,4,6-7,10-12H2,1-3H3. The second kappa shape index (κ2) is 8.90. The topological polar surface area (TPSA) is 66.9 Å². The Morgan fingerprint density at radius 2 is 2.10 bits per heavy atom. The minimum Gasteiger partial charge on any atom is -0.466 e. The van der Waals surface area contributed by atoms with Crippen LogP contribution in [0.5, 0.6) is 0 Å². The molecule has 1 atom stereocenters. The quantitative estimate of drug-likeness (QED) is 0.697. The van der Waals surface area contributed by atoms with Crippen LogP contribution in [0.25, 0.3) is 10.1 Å². The summed E-state index contributed by atoms with van der Waals surface area (Å²) < 4.78 is 19.9. The van der Waals surface area contributed by atoms with Gasteiger partial charge in [-0.15, -0.1) is 11.3 Å². The first-order chi connectivity index (χ1) is 13.8. The molecule has 1 unspecified atom stereocenters. The van der Waals surface area contributed by atoms with Gasteiger partial charge in [0.05, 0.1) is 23.9 Å². The molecule has 0 N–H and O–H groups in total. The van der Waals surface area contributed by atoms with Crippen molar-refractivity contribution in [2.45, 2.75) is 26.7 Å². The molecule has 1 saturated heterocycles. The van der Waals surface area contributed by atoms with Gasteiger partial charge in [-0.05, 0) is 44.4 Å². The third-order valence-electron chi connectivity index (χ3n) is 5.21. The van der Waals surface area contributed by atoms with E-state index in [1.807, 2.05) is 0 Å². The highest BCUT2D eigenvalue weighted by Gasteiger charge is 2.30. The lowest BCUT2D eigenvalue weighted by Crippen LogP contribution is -2.47. The number of carbonyl (C=O) groups is 3. The number of halogens is 1. The molecule has 3 rings (SSSR count). The van der Waals surface area contributed by atoms with E-state index in [0.717, 1.165) is 6.42 Å². The Morgan fingerprint density at radius 3 is 2.79 bits per heavy atom. The Morgan fingerprint density at radius 1 is 1.34 bits per heavy atom. The highest BCUT2D eigenvalue weighted by molar-refractivity contribution is 7.21. The van der Waals surface area contributed by atoms with Crippen LogP contribution in [0.4, 0.5) is 4.39 Å². The van der Waals surface area contributed by atoms with E-state index in [1.165, 1.54) is 22.3 Å². The molecule has 1 aromatic carbocycles. The zero-order valence-corrected chi connectivity index (χ0v) is 17.7. The number of amides is 2. The van der Waals surface area contributed by atoms with Gasteiger partial charge in [-0.3, -0.25) is 14.4 Å². The van der Waals surface area contributed by atoms with Crippen molar-refractivity contribution < 1.29 is 23.5 Å². The molecule has 1 fully saturated rings. The van der Waals surface area contributed by atoms with Crippen molar-refractivity contribution in [2.75, 3.05) is 33.3 Å². The number of benzene rings is 1. The number of fused-ring (bicyclic) bond motifs is 1. The van der Waals surface area contributed by atoms with E-state index >= 15 is 0 Å². The van der Waals surface area contributed by atoms with Gasteiger partial charge in [-0.25, -0.2) is 4.39 Å². The van der Waals surface area contributed by atoms with Crippen LogP contribution in [0.15, 0.2) is 18.2 Å². The summed E-state index contributed by atoms with van der Waals surface area (Å²) in [5.41, 5.74) is 0.591. The summed E-state index contributed by atoms with van der Waals surface area (Å²) in [5.74, 6) is -1.47. The van der Waals surface area contributed by atoms with Gasteiger partial charge in [0.2, 0.25) is 5.91 Å². The zero-order valence-electron chi connectivity index (χ0n) is 16.9. The average Bonchev–Trinajstić information content (AvgIpc) is 3.05. The van der Waals surface area contributed by atoms with Gasteiger partial charge in [-0.1, -0.05) is 6.07 Å². The minimum absolute atomic E-state index is 0.0927. The molecule has 2 amide bonds. The lowest BCUT2D eigenvalue weighted by molar-refractivity contribution is -0.151. The Labute approximate surface area is 173 Å². The average molecular weight is 421 g/mol. The molecular formula is C21H25FN2O4S. The van der Waals surface area contributed by atoms with Crippen molar-refractivity contribution in [3.05, 3.63) is 34.5 Å². The Kier molecular flexibility index (Phi) is 6.52. The monoisotopic (exact) mass is 420 g/mol. The van der Waals surface area contributed by atoms with Crippen molar-refractivity contribution in [1.29, 1.82) is 0 Å². The molecule has 1 aliphatic heterocycles. The molecule has 6 nitrogen and oxygen atoms in total. The number of rotatable bonds is 5. The van der Waals surface area contributed by atoms with Crippen LogP contribution in [-0.2, 0) is 14.3 Å². The maximum atomic E-state index is 14.1. The van der Waals surface area contributed by atoms with E-state index in [-0.39, 0.29) is 36.1 Å². The summed E-state index contributed by atoms with van der Waals surface area (Å²) in [7, 11) is 1.56. The Hall–Kier alpha value is -2.48. The van der Waals surface area contributed by atoms with E-state index in [1.54, 1.807) is 37.9 Å². The largest absolute Gasteiger partial charge is 0.466 e. The predicted molar refractivity (Wildman–Crippen MR) is 109 cm³/mol. The maximum absolute atomic E-state index is 14.1. The summed E-state index contributed by atoms with van der Waals surface area (Å²) in [6, 6.07) is 4.77. The molecule has 8 heteroatoms. The van der Waals surface area contributed by atoms with Crippen molar-refractivity contribution in [1.82, 2.24) is 9.80 Å². The van der Waals surface area contributed by atoms with Crippen LogP contribution in [0.2, 0.25) is 0 Å². The molecule has 2 aromatic rings. The van der Waals surface area contributed by atoms with Gasteiger partial charge < -0.3 is 14.5 Å². The predicted octanol–water partition coefficient (Wildman–Crippen LogP) is 3.22. The Balaban J connectivity index is 1.68. The van der Waals surface area contributed by atoms with E-state index in [9.17, 15) is 18.8 Å². The normalized spacial score (nSPS) is 16.7. The fourth-order valence-electron chi connectivity index (χ4n) is 3.66. The van der Waals surface area contributed by atoms with Gasteiger partial charge in [0.15, 0.2) is 0 Å². The number of ether oxygens (including phenoxy) is 1. The second-order valence-corrected chi connectivity index (χ2v) is 8.31. The molecular weight excluding hydrogens is 395 g/mol. The number of thiophene rings is 1. The van der Waals surface area contributed by atoms with Crippen LogP contribution in [0, 0.1) is 18.7 Å². The number of hydrogen-bond acceptors (Lipinski definition) is 5. The van der Waals surface area contributed by atoms with E-state index in [0.29, 0.717) is 46.6 Å². The molecule has 1 aliphatic rings. The molecule has 2 heterocycles. The van der Waals surface area contributed by atoms with Crippen LogP contribution < -0.4 is 0 Å². The van der Waals surface area contributed by atoms with E-state index < -0.39 is 0 Å². The first-order valence-electron chi connectivity index (χ1n) is 9.71.